The molecule has 0 spiro atoms. The zero-order valence-electron chi connectivity index (χ0n) is 8.92. The lowest BCUT2D eigenvalue weighted by Gasteiger charge is -2.02. The Labute approximate surface area is 85.1 Å². The minimum atomic E-state index is 0.149. The van der Waals surface area contributed by atoms with Gasteiger partial charge in [0.05, 0.1) is 0 Å². The van der Waals surface area contributed by atoms with E-state index in [1.165, 1.54) is 0 Å². The quantitative estimate of drug-likeness (QED) is 0.762. The maximum atomic E-state index is 11.3. The van der Waals surface area contributed by atoms with Crippen LogP contribution in [0.5, 0.6) is 0 Å². The Morgan fingerprint density at radius 3 is 2.93 bits per heavy atom. The lowest BCUT2D eigenvalue weighted by Crippen LogP contribution is -2.21. The number of amides is 1. The average molecular weight is 194 g/mol. The smallest absolute Gasteiger partial charge is 0.220 e. The van der Waals surface area contributed by atoms with Crippen molar-refractivity contribution in [3.63, 3.8) is 0 Å². The van der Waals surface area contributed by atoms with Crippen LogP contribution >= 0.6 is 0 Å². The monoisotopic (exact) mass is 194 g/mol. The molecule has 0 bridgehead atoms. The molecule has 0 aliphatic rings. The van der Waals surface area contributed by atoms with Gasteiger partial charge in [0.15, 0.2) is 0 Å². The van der Waals surface area contributed by atoms with E-state index in [0.29, 0.717) is 13.0 Å². The zero-order chi connectivity index (χ0) is 10.4. The number of rotatable bonds is 5. The molecule has 3 nitrogen and oxygen atoms in total. The normalized spacial score (nSPS) is 10.1. The number of unbranched alkanes of at least 4 members (excludes halogenated alkanes) is 1. The first-order valence-electron chi connectivity index (χ1n) is 5.10. The largest absolute Gasteiger partial charge is 0.357 e. The second kappa shape index (κ2) is 5.47. The van der Waals surface area contributed by atoms with E-state index in [-0.39, 0.29) is 5.91 Å². The molecule has 1 rings (SSSR count). The highest BCUT2D eigenvalue weighted by Gasteiger charge is 2.00. The van der Waals surface area contributed by atoms with Crippen molar-refractivity contribution < 1.29 is 4.79 Å². The summed E-state index contributed by atoms with van der Waals surface area (Å²) in [5, 5.41) is 2.89. The Kier molecular flexibility index (Phi) is 4.23. The fourth-order valence-corrected chi connectivity index (χ4v) is 1.29. The minimum absolute atomic E-state index is 0.149. The minimum Gasteiger partial charge on any atom is -0.357 e. The number of hydrogen-bond donors (Lipinski definition) is 1. The van der Waals surface area contributed by atoms with Gasteiger partial charge in [-0.3, -0.25) is 4.79 Å². The third kappa shape index (κ3) is 3.64. The van der Waals surface area contributed by atoms with Crippen molar-refractivity contribution in [3.05, 3.63) is 24.0 Å². The van der Waals surface area contributed by atoms with Gasteiger partial charge in [-0.15, -0.1) is 0 Å². The zero-order valence-corrected chi connectivity index (χ0v) is 8.92. The molecule has 78 valence electrons. The van der Waals surface area contributed by atoms with Gasteiger partial charge in [-0.1, -0.05) is 13.3 Å². The Bertz CT molecular complexity index is 291. The Morgan fingerprint density at radius 2 is 2.36 bits per heavy atom. The number of hydrogen-bond acceptors (Lipinski definition) is 1. The average Bonchev–Trinajstić information content (AvgIpc) is 2.58. The predicted molar refractivity (Wildman–Crippen MR) is 56.8 cm³/mol. The first-order valence-corrected chi connectivity index (χ1v) is 5.10. The van der Waals surface area contributed by atoms with Gasteiger partial charge in [0.25, 0.3) is 0 Å². The fourth-order valence-electron chi connectivity index (χ4n) is 1.29. The molecule has 1 heterocycles. The van der Waals surface area contributed by atoms with Crippen molar-refractivity contribution in [2.24, 2.45) is 7.05 Å². The van der Waals surface area contributed by atoms with Crippen LogP contribution in [0.15, 0.2) is 18.5 Å². The van der Waals surface area contributed by atoms with E-state index in [2.05, 4.69) is 12.2 Å². The Balaban J connectivity index is 2.23. The fraction of sp³-hybridized carbons (Fsp3) is 0.545. The van der Waals surface area contributed by atoms with E-state index in [9.17, 15) is 4.79 Å². The molecule has 0 atom stereocenters. The highest BCUT2D eigenvalue weighted by atomic mass is 16.1. The van der Waals surface area contributed by atoms with Gasteiger partial charge in [0.2, 0.25) is 5.91 Å². The Hall–Kier alpha value is -1.25. The van der Waals surface area contributed by atoms with Gasteiger partial charge >= 0.3 is 0 Å². The standard InChI is InChI=1S/C11H18N2O/c1-3-4-5-11(14)12-8-10-6-7-13(2)9-10/h6-7,9H,3-5,8H2,1-2H3,(H,12,14). The molecular formula is C11H18N2O. The van der Waals surface area contributed by atoms with Crippen molar-refractivity contribution in [2.75, 3.05) is 0 Å². The summed E-state index contributed by atoms with van der Waals surface area (Å²) in [6.07, 6.45) is 6.68. The molecule has 0 saturated heterocycles. The van der Waals surface area contributed by atoms with E-state index < -0.39 is 0 Å². The maximum Gasteiger partial charge on any atom is 0.220 e. The number of nitrogens with zero attached hydrogens (tertiary/aromatic N) is 1. The molecule has 1 aromatic rings. The second-order valence-electron chi connectivity index (χ2n) is 3.57. The first kappa shape index (κ1) is 10.8. The number of carbonyl (C=O) groups excluding carboxylic acids is 1. The van der Waals surface area contributed by atoms with Gasteiger partial charge in [0.1, 0.15) is 0 Å². The van der Waals surface area contributed by atoms with Crippen molar-refractivity contribution in [3.8, 4) is 0 Å². The summed E-state index contributed by atoms with van der Waals surface area (Å²) in [6.45, 7) is 2.73. The van der Waals surface area contributed by atoms with E-state index in [0.717, 1.165) is 18.4 Å². The van der Waals surface area contributed by atoms with E-state index in [1.807, 2.05) is 30.1 Å². The molecule has 0 saturated carbocycles. The summed E-state index contributed by atoms with van der Waals surface area (Å²) >= 11 is 0. The van der Waals surface area contributed by atoms with Gasteiger partial charge < -0.3 is 9.88 Å². The Morgan fingerprint density at radius 1 is 1.57 bits per heavy atom. The maximum absolute atomic E-state index is 11.3. The molecule has 3 heteroatoms. The molecule has 0 unspecified atom stereocenters. The lowest BCUT2D eigenvalue weighted by molar-refractivity contribution is -0.121. The van der Waals surface area contributed by atoms with Crippen molar-refractivity contribution in [2.45, 2.75) is 32.7 Å². The van der Waals surface area contributed by atoms with Gasteiger partial charge in [-0.25, -0.2) is 0 Å². The molecular weight excluding hydrogens is 176 g/mol. The number of aromatic nitrogens is 1. The van der Waals surface area contributed by atoms with Gasteiger partial charge in [-0.05, 0) is 18.1 Å². The van der Waals surface area contributed by atoms with Crippen LogP contribution in [0.3, 0.4) is 0 Å². The van der Waals surface area contributed by atoms with Crippen LogP contribution in [0.4, 0.5) is 0 Å². The van der Waals surface area contributed by atoms with Crippen molar-refractivity contribution in [1.29, 1.82) is 0 Å². The number of carbonyl (C=O) groups is 1. The third-order valence-electron chi connectivity index (χ3n) is 2.14. The predicted octanol–water partition coefficient (Wildman–Crippen LogP) is 1.83. The summed E-state index contributed by atoms with van der Waals surface area (Å²) < 4.78 is 1.98. The summed E-state index contributed by atoms with van der Waals surface area (Å²) in [5.74, 6) is 0.149. The molecule has 0 aromatic carbocycles. The van der Waals surface area contributed by atoms with Crippen LogP contribution in [-0.2, 0) is 18.4 Å². The van der Waals surface area contributed by atoms with E-state index >= 15 is 0 Å². The molecule has 1 N–H and O–H groups in total. The van der Waals surface area contributed by atoms with Crippen LogP contribution in [0.1, 0.15) is 31.7 Å². The van der Waals surface area contributed by atoms with Crippen LogP contribution in [0.25, 0.3) is 0 Å². The van der Waals surface area contributed by atoms with Crippen LogP contribution in [0, 0.1) is 0 Å². The summed E-state index contributed by atoms with van der Waals surface area (Å²) in [5.41, 5.74) is 1.15. The highest BCUT2D eigenvalue weighted by Crippen LogP contribution is 1.99. The van der Waals surface area contributed by atoms with Crippen LogP contribution in [-0.4, -0.2) is 10.5 Å². The van der Waals surface area contributed by atoms with Crippen molar-refractivity contribution >= 4 is 5.91 Å². The van der Waals surface area contributed by atoms with Gasteiger partial charge in [0, 0.05) is 32.4 Å². The first-order chi connectivity index (χ1) is 6.72. The lowest BCUT2D eigenvalue weighted by atomic mass is 10.2. The van der Waals surface area contributed by atoms with E-state index in [4.69, 9.17) is 0 Å². The summed E-state index contributed by atoms with van der Waals surface area (Å²) in [4.78, 5) is 11.3. The third-order valence-corrected chi connectivity index (χ3v) is 2.14. The molecule has 0 radical (unpaired) electrons. The topological polar surface area (TPSA) is 34.0 Å². The number of nitrogens with one attached hydrogen (secondary N) is 1. The van der Waals surface area contributed by atoms with Crippen LogP contribution < -0.4 is 5.32 Å². The van der Waals surface area contributed by atoms with Gasteiger partial charge in [-0.2, -0.15) is 0 Å². The molecule has 14 heavy (non-hydrogen) atoms. The SMILES string of the molecule is CCCCC(=O)NCc1ccn(C)c1. The molecule has 0 fully saturated rings. The van der Waals surface area contributed by atoms with E-state index in [1.54, 1.807) is 0 Å². The second-order valence-corrected chi connectivity index (χ2v) is 3.57. The summed E-state index contributed by atoms with van der Waals surface area (Å²) in [7, 11) is 1.97. The summed E-state index contributed by atoms with van der Waals surface area (Å²) in [6, 6.07) is 2.01. The van der Waals surface area contributed by atoms with Crippen LogP contribution in [0.2, 0.25) is 0 Å². The number of aryl methyl sites for hydroxylation is 1. The molecule has 0 aliphatic heterocycles. The molecule has 1 amide bonds. The molecule has 1 aromatic heterocycles. The van der Waals surface area contributed by atoms with Crippen molar-refractivity contribution in [1.82, 2.24) is 9.88 Å². The highest BCUT2D eigenvalue weighted by molar-refractivity contribution is 5.75. The molecule has 0 aliphatic carbocycles.